The first-order valence-corrected chi connectivity index (χ1v) is 5.89. The molecule has 0 fully saturated rings. The normalized spacial score (nSPS) is 15.0. The number of nitrogens with zero attached hydrogens (tertiary/aromatic N) is 3. The fraction of sp³-hybridized carbons (Fsp3) is 0.818. The molecule has 0 radical (unpaired) electrons. The molecule has 1 heterocycles. The van der Waals surface area contributed by atoms with Crippen LogP contribution in [0.15, 0.2) is 6.33 Å². The Bertz CT molecular complexity index is 307. The number of hydrogen-bond donors (Lipinski definition) is 2. The van der Waals surface area contributed by atoms with Crippen LogP contribution >= 0.6 is 0 Å². The minimum absolute atomic E-state index is 0.105. The summed E-state index contributed by atoms with van der Waals surface area (Å²) < 4.78 is 1.86. The largest absolute Gasteiger partial charge is 0.396 e. The molecule has 0 aliphatic carbocycles. The fourth-order valence-electron chi connectivity index (χ4n) is 2.02. The van der Waals surface area contributed by atoms with Gasteiger partial charge in [-0.15, -0.1) is 0 Å². The van der Waals surface area contributed by atoms with E-state index in [9.17, 15) is 5.11 Å². The molecule has 3 N–H and O–H groups in total. The van der Waals surface area contributed by atoms with Gasteiger partial charge in [0.15, 0.2) is 0 Å². The summed E-state index contributed by atoms with van der Waals surface area (Å²) in [4.78, 5) is 4.24. The van der Waals surface area contributed by atoms with Gasteiger partial charge in [-0.25, -0.2) is 4.98 Å². The van der Waals surface area contributed by atoms with Gasteiger partial charge < -0.3 is 10.8 Å². The van der Waals surface area contributed by atoms with Crippen molar-refractivity contribution in [2.24, 2.45) is 11.1 Å². The van der Waals surface area contributed by atoms with Gasteiger partial charge in [0.2, 0.25) is 0 Å². The zero-order valence-electron chi connectivity index (χ0n) is 10.2. The van der Waals surface area contributed by atoms with Crippen LogP contribution in [0.25, 0.3) is 0 Å². The standard InChI is InChI=1S/C11H22N4O/c1-3-5-11(7-12,8-16)6-10-13-9-14-15(10)4-2/h9,16H,3-8,12H2,1-2H3. The predicted octanol–water partition coefficient (Wildman–Crippen LogP) is 0.578. The average Bonchev–Trinajstić information content (AvgIpc) is 2.75. The molecule has 1 atom stereocenters. The van der Waals surface area contributed by atoms with Gasteiger partial charge in [-0.1, -0.05) is 13.3 Å². The number of aromatic nitrogens is 3. The first-order chi connectivity index (χ1) is 7.71. The van der Waals surface area contributed by atoms with Crippen LogP contribution in [0.1, 0.15) is 32.5 Å². The van der Waals surface area contributed by atoms with E-state index in [1.165, 1.54) is 0 Å². The summed E-state index contributed by atoms with van der Waals surface area (Å²) in [6.45, 7) is 5.51. The molecule has 0 bridgehead atoms. The van der Waals surface area contributed by atoms with E-state index in [2.05, 4.69) is 17.0 Å². The molecule has 0 amide bonds. The molecule has 92 valence electrons. The SMILES string of the molecule is CCCC(CN)(CO)Cc1ncnn1CC. The highest BCUT2D eigenvalue weighted by Gasteiger charge is 2.29. The van der Waals surface area contributed by atoms with Gasteiger partial charge in [-0.05, 0) is 13.3 Å². The fourth-order valence-corrected chi connectivity index (χ4v) is 2.02. The summed E-state index contributed by atoms with van der Waals surface area (Å²) in [6.07, 6.45) is 4.18. The van der Waals surface area contributed by atoms with E-state index >= 15 is 0 Å². The Hall–Kier alpha value is -0.940. The van der Waals surface area contributed by atoms with Crippen molar-refractivity contribution in [3.8, 4) is 0 Å². The smallest absolute Gasteiger partial charge is 0.138 e. The van der Waals surface area contributed by atoms with Crippen LogP contribution in [0, 0.1) is 5.41 Å². The van der Waals surface area contributed by atoms with Crippen molar-refractivity contribution >= 4 is 0 Å². The lowest BCUT2D eigenvalue weighted by Crippen LogP contribution is -2.37. The monoisotopic (exact) mass is 226 g/mol. The molecule has 0 aromatic carbocycles. The highest BCUT2D eigenvalue weighted by molar-refractivity contribution is 4.94. The molecule has 16 heavy (non-hydrogen) atoms. The van der Waals surface area contributed by atoms with Crippen molar-refractivity contribution in [3.63, 3.8) is 0 Å². The third kappa shape index (κ3) is 2.80. The van der Waals surface area contributed by atoms with E-state index in [0.29, 0.717) is 13.0 Å². The van der Waals surface area contributed by atoms with Gasteiger partial charge in [-0.3, -0.25) is 4.68 Å². The van der Waals surface area contributed by atoms with E-state index in [0.717, 1.165) is 25.2 Å². The Morgan fingerprint density at radius 2 is 2.25 bits per heavy atom. The van der Waals surface area contributed by atoms with Crippen molar-refractivity contribution < 1.29 is 5.11 Å². The molecule has 0 saturated carbocycles. The molecular weight excluding hydrogens is 204 g/mol. The zero-order chi connectivity index (χ0) is 12.0. The van der Waals surface area contributed by atoms with E-state index in [-0.39, 0.29) is 12.0 Å². The molecule has 5 heteroatoms. The highest BCUT2D eigenvalue weighted by atomic mass is 16.3. The van der Waals surface area contributed by atoms with E-state index in [1.807, 2.05) is 11.6 Å². The second-order valence-electron chi connectivity index (χ2n) is 4.28. The Morgan fingerprint density at radius 3 is 2.75 bits per heavy atom. The first kappa shape index (κ1) is 13.1. The molecule has 1 unspecified atom stereocenters. The molecule has 1 aromatic rings. The van der Waals surface area contributed by atoms with Gasteiger partial charge in [0.05, 0.1) is 6.61 Å². The number of hydrogen-bond acceptors (Lipinski definition) is 4. The van der Waals surface area contributed by atoms with Crippen LogP contribution in [-0.4, -0.2) is 33.0 Å². The minimum Gasteiger partial charge on any atom is -0.396 e. The predicted molar refractivity (Wildman–Crippen MR) is 62.9 cm³/mol. The zero-order valence-corrected chi connectivity index (χ0v) is 10.2. The van der Waals surface area contributed by atoms with Crippen LogP contribution in [0.3, 0.4) is 0 Å². The Morgan fingerprint density at radius 1 is 1.50 bits per heavy atom. The van der Waals surface area contributed by atoms with Crippen molar-refractivity contribution in [3.05, 3.63) is 12.2 Å². The number of nitrogens with two attached hydrogens (primary N) is 1. The molecule has 0 aliphatic heterocycles. The topological polar surface area (TPSA) is 77.0 Å². The van der Waals surface area contributed by atoms with E-state index in [1.54, 1.807) is 6.33 Å². The number of aryl methyl sites for hydroxylation is 1. The third-order valence-electron chi connectivity index (χ3n) is 3.08. The lowest BCUT2D eigenvalue weighted by molar-refractivity contribution is 0.117. The summed E-state index contributed by atoms with van der Waals surface area (Å²) in [5.74, 6) is 0.912. The molecule has 0 spiro atoms. The maximum atomic E-state index is 9.53. The van der Waals surface area contributed by atoms with Gasteiger partial charge >= 0.3 is 0 Å². The van der Waals surface area contributed by atoms with Crippen LogP contribution in [0.5, 0.6) is 0 Å². The molecular formula is C11H22N4O. The summed E-state index contributed by atoms with van der Waals surface area (Å²) >= 11 is 0. The molecule has 0 aliphatic rings. The summed E-state index contributed by atoms with van der Waals surface area (Å²) in [5.41, 5.74) is 5.55. The van der Waals surface area contributed by atoms with Crippen LogP contribution in [0.2, 0.25) is 0 Å². The second-order valence-corrected chi connectivity index (χ2v) is 4.28. The highest BCUT2D eigenvalue weighted by Crippen LogP contribution is 2.26. The summed E-state index contributed by atoms with van der Waals surface area (Å²) in [6, 6.07) is 0. The van der Waals surface area contributed by atoms with Crippen molar-refractivity contribution in [2.45, 2.75) is 39.7 Å². The molecule has 1 aromatic heterocycles. The summed E-state index contributed by atoms with van der Waals surface area (Å²) in [7, 11) is 0. The van der Waals surface area contributed by atoms with Gasteiger partial charge in [0, 0.05) is 24.9 Å². The molecule has 5 nitrogen and oxygen atoms in total. The Kier molecular flexibility index (Phi) is 4.89. The minimum atomic E-state index is -0.241. The van der Waals surface area contributed by atoms with E-state index in [4.69, 9.17) is 5.73 Å². The van der Waals surface area contributed by atoms with E-state index < -0.39 is 0 Å². The van der Waals surface area contributed by atoms with Crippen molar-refractivity contribution in [1.29, 1.82) is 0 Å². The van der Waals surface area contributed by atoms with Gasteiger partial charge in [0.1, 0.15) is 12.2 Å². The Labute approximate surface area is 96.7 Å². The van der Waals surface area contributed by atoms with Crippen LogP contribution in [0.4, 0.5) is 0 Å². The van der Waals surface area contributed by atoms with Crippen molar-refractivity contribution in [2.75, 3.05) is 13.2 Å². The van der Waals surface area contributed by atoms with Crippen LogP contribution in [-0.2, 0) is 13.0 Å². The summed E-state index contributed by atoms with van der Waals surface area (Å²) in [5, 5.41) is 13.7. The van der Waals surface area contributed by atoms with Crippen molar-refractivity contribution in [1.82, 2.24) is 14.8 Å². The maximum Gasteiger partial charge on any atom is 0.138 e. The number of aliphatic hydroxyl groups is 1. The Balaban J connectivity index is 2.82. The average molecular weight is 226 g/mol. The quantitative estimate of drug-likeness (QED) is 0.713. The third-order valence-corrected chi connectivity index (χ3v) is 3.08. The molecule has 1 rings (SSSR count). The number of aliphatic hydroxyl groups excluding tert-OH is 1. The van der Waals surface area contributed by atoms with Gasteiger partial charge in [-0.2, -0.15) is 5.10 Å². The lowest BCUT2D eigenvalue weighted by Gasteiger charge is -2.29. The first-order valence-electron chi connectivity index (χ1n) is 5.89. The number of rotatable bonds is 7. The van der Waals surface area contributed by atoms with Gasteiger partial charge in [0.25, 0.3) is 0 Å². The lowest BCUT2D eigenvalue weighted by atomic mass is 9.81. The maximum absolute atomic E-state index is 9.53. The second kappa shape index (κ2) is 5.96. The van der Waals surface area contributed by atoms with Crippen LogP contribution < -0.4 is 5.73 Å². The molecule has 0 saturated heterocycles.